The molecule has 0 atom stereocenters. The highest BCUT2D eigenvalue weighted by atomic mass is 16.5. The maximum absolute atomic E-state index is 11.1. The van der Waals surface area contributed by atoms with Crippen molar-refractivity contribution in [1.82, 2.24) is 9.97 Å². The fourth-order valence-electron chi connectivity index (χ4n) is 1.59. The minimum absolute atomic E-state index is 0.119. The molecule has 1 heterocycles. The standard InChI is InChI=1S/C12H10N2O3/c1-17-11-9(8-5-13-7-14-6-8)3-2-4-10(11)12(15)16/h2-7H,1H3,(H,15,16). The lowest BCUT2D eigenvalue weighted by atomic mass is 10.0. The quantitative estimate of drug-likeness (QED) is 0.871. The van der Waals surface area contributed by atoms with E-state index in [1.807, 2.05) is 0 Å². The molecular weight excluding hydrogens is 220 g/mol. The molecule has 1 N–H and O–H groups in total. The number of carboxylic acids is 1. The molecule has 0 unspecified atom stereocenters. The molecule has 86 valence electrons. The van der Waals surface area contributed by atoms with Gasteiger partial charge in [-0.1, -0.05) is 12.1 Å². The van der Waals surface area contributed by atoms with Crippen molar-refractivity contribution in [3.63, 3.8) is 0 Å². The van der Waals surface area contributed by atoms with Gasteiger partial charge in [0, 0.05) is 23.5 Å². The van der Waals surface area contributed by atoms with E-state index in [4.69, 9.17) is 9.84 Å². The maximum atomic E-state index is 11.1. The third-order valence-corrected chi connectivity index (χ3v) is 2.32. The maximum Gasteiger partial charge on any atom is 0.339 e. The highest BCUT2D eigenvalue weighted by Crippen LogP contribution is 2.32. The first-order valence-electron chi connectivity index (χ1n) is 4.89. The van der Waals surface area contributed by atoms with Gasteiger partial charge in [-0.05, 0) is 6.07 Å². The number of carbonyl (C=O) groups is 1. The Hall–Kier alpha value is -2.43. The zero-order valence-corrected chi connectivity index (χ0v) is 9.12. The molecule has 0 saturated carbocycles. The van der Waals surface area contributed by atoms with Crippen LogP contribution in [0.2, 0.25) is 0 Å². The normalized spacial score (nSPS) is 9.94. The van der Waals surface area contributed by atoms with Crippen LogP contribution in [0, 0.1) is 0 Å². The van der Waals surface area contributed by atoms with E-state index in [1.165, 1.54) is 19.5 Å². The molecule has 0 amide bonds. The van der Waals surface area contributed by atoms with E-state index in [0.29, 0.717) is 16.9 Å². The number of methoxy groups -OCH3 is 1. The van der Waals surface area contributed by atoms with Gasteiger partial charge in [-0.25, -0.2) is 14.8 Å². The minimum atomic E-state index is -1.03. The molecule has 2 aromatic rings. The van der Waals surface area contributed by atoms with Gasteiger partial charge < -0.3 is 9.84 Å². The second-order valence-corrected chi connectivity index (χ2v) is 3.32. The molecule has 0 aliphatic heterocycles. The largest absolute Gasteiger partial charge is 0.495 e. The fourth-order valence-corrected chi connectivity index (χ4v) is 1.59. The molecule has 0 aliphatic rings. The van der Waals surface area contributed by atoms with Crippen LogP contribution in [0.5, 0.6) is 5.75 Å². The lowest BCUT2D eigenvalue weighted by Crippen LogP contribution is -2.01. The second-order valence-electron chi connectivity index (χ2n) is 3.32. The molecule has 17 heavy (non-hydrogen) atoms. The molecule has 0 bridgehead atoms. The summed E-state index contributed by atoms with van der Waals surface area (Å²) in [4.78, 5) is 18.8. The van der Waals surface area contributed by atoms with Crippen molar-refractivity contribution >= 4 is 5.97 Å². The molecule has 5 heteroatoms. The summed E-state index contributed by atoms with van der Waals surface area (Å²) in [5.41, 5.74) is 1.49. The zero-order chi connectivity index (χ0) is 12.3. The first kappa shape index (κ1) is 11.1. The summed E-state index contributed by atoms with van der Waals surface area (Å²) < 4.78 is 5.16. The summed E-state index contributed by atoms with van der Waals surface area (Å²) in [5.74, 6) is -0.713. The first-order chi connectivity index (χ1) is 8.24. The highest BCUT2D eigenvalue weighted by molar-refractivity contribution is 5.94. The Morgan fingerprint density at radius 3 is 2.59 bits per heavy atom. The summed E-state index contributed by atoms with van der Waals surface area (Å²) in [6.45, 7) is 0. The van der Waals surface area contributed by atoms with E-state index in [0.717, 1.165) is 0 Å². The van der Waals surface area contributed by atoms with E-state index in [1.54, 1.807) is 24.5 Å². The van der Waals surface area contributed by atoms with Gasteiger partial charge in [0.25, 0.3) is 0 Å². The van der Waals surface area contributed by atoms with E-state index < -0.39 is 5.97 Å². The van der Waals surface area contributed by atoms with Crippen LogP contribution in [0.1, 0.15) is 10.4 Å². The van der Waals surface area contributed by atoms with E-state index >= 15 is 0 Å². The molecule has 1 aromatic heterocycles. The van der Waals surface area contributed by atoms with Crippen molar-refractivity contribution in [2.75, 3.05) is 7.11 Å². The highest BCUT2D eigenvalue weighted by Gasteiger charge is 2.15. The topological polar surface area (TPSA) is 72.3 Å². The van der Waals surface area contributed by atoms with Crippen LogP contribution in [0.4, 0.5) is 0 Å². The smallest absolute Gasteiger partial charge is 0.339 e. The Morgan fingerprint density at radius 2 is 2.00 bits per heavy atom. The van der Waals surface area contributed by atoms with E-state index in [-0.39, 0.29) is 5.56 Å². The van der Waals surface area contributed by atoms with Crippen LogP contribution in [-0.4, -0.2) is 28.2 Å². The van der Waals surface area contributed by atoms with Crippen LogP contribution in [0.25, 0.3) is 11.1 Å². The predicted octanol–water partition coefficient (Wildman–Crippen LogP) is 1.85. The number of ether oxygens (including phenoxy) is 1. The Morgan fingerprint density at radius 1 is 1.29 bits per heavy atom. The number of carboxylic acid groups (broad SMARTS) is 1. The fraction of sp³-hybridized carbons (Fsp3) is 0.0833. The number of aromatic nitrogens is 2. The third-order valence-electron chi connectivity index (χ3n) is 2.32. The Balaban J connectivity index is 2.63. The van der Waals surface area contributed by atoms with Gasteiger partial charge in [-0.2, -0.15) is 0 Å². The van der Waals surface area contributed by atoms with E-state index in [2.05, 4.69) is 9.97 Å². The summed E-state index contributed by atoms with van der Waals surface area (Å²) in [7, 11) is 1.44. The van der Waals surface area contributed by atoms with Crippen molar-refractivity contribution in [3.05, 3.63) is 42.5 Å². The Labute approximate surface area is 97.7 Å². The third kappa shape index (κ3) is 2.08. The predicted molar refractivity (Wildman–Crippen MR) is 61.0 cm³/mol. The average molecular weight is 230 g/mol. The Kier molecular flexibility index (Phi) is 3.00. The zero-order valence-electron chi connectivity index (χ0n) is 9.12. The number of hydrogen-bond acceptors (Lipinski definition) is 4. The lowest BCUT2D eigenvalue weighted by Gasteiger charge is -2.10. The van der Waals surface area contributed by atoms with Gasteiger partial charge >= 0.3 is 5.97 Å². The molecule has 0 spiro atoms. The lowest BCUT2D eigenvalue weighted by molar-refractivity contribution is 0.0693. The summed E-state index contributed by atoms with van der Waals surface area (Å²) in [6, 6.07) is 4.92. The van der Waals surface area contributed by atoms with Crippen LogP contribution < -0.4 is 4.74 Å². The molecule has 5 nitrogen and oxygen atoms in total. The van der Waals surface area contributed by atoms with Gasteiger partial charge in [-0.3, -0.25) is 0 Å². The van der Waals surface area contributed by atoms with Gasteiger partial charge in [0.05, 0.1) is 7.11 Å². The van der Waals surface area contributed by atoms with E-state index in [9.17, 15) is 4.79 Å². The van der Waals surface area contributed by atoms with Gasteiger partial charge in [0.1, 0.15) is 17.6 Å². The Bertz CT molecular complexity index is 541. The van der Waals surface area contributed by atoms with Crippen molar-refractivity contribution in [3.8, 4) is 16.9 Å². The van der Waals surface area contributed by atoms with Crippen molar-refractivity contribution < 1.29 is 14.6 Å². The summed E-state index contributed by atoms with van der Waals surface area (Å²) in [6.07, 6.45) is 4.63. The number of aromatic carboxylic acids is 1. The van der Waals surface area contributed by atoms with Crippen LogP contribution >= 0.6 is 0 Å². The van der Waals surface area contributed by atoms with Crippen molar-refractivity contribution in [2.24, 2.45) is 0 Å². The second kappa shape index (κ2) is 4.61. The number of benzene rings is 1. The summed E-state index contributed by atoms with van der Waals surface area (Å²) >= 11 is 0. The SMILES string of the molecule is COc1c(C(=O)O)cccc1-c1cncnc1. The molecule has 1 aromatic carbocycles. The molecule has 0 saturated heterocycles. The number of hydrogen-bond donors (Lipinski definition) is 1. The van der Waals surface area contributed by atoms with Crippen LogP contribution in [0.3, 0.4) is 0 Å². The van der Waals surface area contributed by atoms with Gasteiger partial charge in [-0.15, -0.1) is 0 Å². The number of para-hydroxylation sites is 1. The van der Waals surface area contributed by atoms with Crippen LogP contribution in [0.15, 0.2) is 36.9 Å². The molecular formula is C12H10N2O3. The molecule has 0 aliphatic carbocycles. The van der Waals surface area contributed by atoms with Crippen molar-refractivity contribution in [1.29, 1.82) is 0 Å². The average Bonchev–Trinajstić information content (AvgIpc) is 2.38. The molecule has 0 fully saturated rings. The van der Waals surface area contributed by atoms with Crippen molar-refractivity contribution in [2.45, 2.75) is 0 Å². The molecule has 2 rings (SSSR count). The van der Waals surface area contributed by atoms with Crippen LogP contribution in [-0.2, 0) is 0 Å². The number of nitrogens with zero attached hydrogens (tertiary/aromatic N) is 2. The molecule has 0 radical (unpaired) electrons. The van der Waals surface area contributed by atoms with Gasteiger partial charge in [0.2, 0.25) is 0 Å². The monoisotopic (exact) mass is 230 g/mol. The van der Waals surface area contributed by atoms with Gasteiger partial charge in [0.15, 0.2) is 0 Å². The summed E-state index contributed by atoms with van der Waals surface area (Å²) in [5, 5.41) is 9.06. The number of rotatable bonds is 3. The first-order valence-corrected chi connectivity index (χ1v) is 4.89. The minimum Gasteiger partial charge on any atom is -0.495 e.